The normalized spacial score (nSPS) is 40.8. The predicted molar refractivity (Wildman–Crippen MR) is 68.2 cm³/mol. The summed E-state index contributed by atoms with van der Waals surface area (Å²) in [5, 5.41) is 0. The van der Waals surface area contributed by atoms with Crippen LogP contribution in [0.5, 0.6) is 0 Å². The Morgan fingerprint density at radius 2 is 1.50 bits per heavy atom. The summed E-state index contributed by atoms with van der Waals surface area (Å²) in [7, 11) is 0. The zero-order chi connectivity index (χ0) is 17.6. The molecule has 132 valence electrons. The first-order valence-electron chi connectivity index (χ1n) is 7.23. The van der Waals surface area contributed by atoms with Crippen LogP contribution in [-0.2, 0) is 9.47 Å². The lowest BCUT2D eigenvalue weighted by molar-refractivity contribution is -0.504. The first-order valence-corrected chi connectivity index (χ1v) is 7.23. The minimum Gasteiger partial charge on any atom is -0.319 e. The van der Waals surface area contributed by atoms with E-state index in [9.17, 15) is 22.0 Å². The van der Waals surface area contributed by atoms with E-state index in [0.717, 1.165) is 6.92 Å². The molecule has 0 aliphatic carbocycles. The topological polar surface area (TPSA) is 18.5 Å². The Kier molecular flexibility index (Phi) is 4.93. The van der Waals surface area contributed by atoms with E-state index in [1.165, 1.54) is 20.8 Å². The van der Waals surface area contributed by atoms with Gasteiger partial charge in [-0.05, 0) is 19.8 Å². The van der Waals surface area contributed by atoms with Gasteiger partial charge in [0.05, 0.1) is 0 Å². The van der Waals surface area contributed by atoms with Gasteiger partial charge < -0.3 is 9.47 Å². The molecule has 22 heavy (non-hydrogen) atoms. The molecule has 1 aliphatic heterocycles. The van der Waals surface area contributed by atoms with Gasteiger partial charge in [-0.15, -0.1) is 0 Å². The number of hydrogen-bond donors (Lipinski definition) is 0. The van der Waals surface area contributed by atoms with Crippen molar-refractivity contribution in [1.29, 1.82) is 0 Å². The van der Waals surface area contributed by atoms with Crippen molar-refractivity contribution in [2.45, 2.75) is 83.7 Å². The predicted octanol–water partition coefficient (Wildman–Crippen LogP) is 5.22. The van der Waals surface area contributed by atoms with Crippen LogP contribution in [0.4, 0.5) is 26.3 Å². The molecule has 0 spiro atoms. The average Bonchev–Trinajstić information content (AvgIpc) is 2.42. The maximum atomic E-state index is 15.5. The molecule has 1 heterocycles. The molecule has 0 bridgehead atoms. The quantitative estimate of drug-likeness (QED) is 0.656. The highest BCUT2D eigenvalue weighted by molar-refractivity contribution is 5.06. The Bertz CT molecular complexity index is 411. The van der Waals surface area contributed by atoms with Gasteiger partial charge in [-0.3, -0.25) is 0 Å². The highest BCUT2D eigenvalue weighted by Crippen LogP contribution is 2.59. The fourth-order valence-corrected chi connectivity index (χ4v) is 2.54. The molecule has 4 unspecified atom stereocenters. The number of rotatable bonds is 4. The standard InChI is InChI=1S/C14H22F6O2/c1-6-10(4,7-2)13(17)12(16,8-3)21-9(15)11(5,22-13)14(18,19)20/h9H,6-8H2,1-5H3. The summed E-state index contributed by atoms with van der Waals surface area (Å²) in [5.74, 6) is -6.75. The molecule has 0 radical (unpaired) electrons. The van der Waals surface area contributed by atoms with E-state index in [1.54, 1.807) is 0 Å². The van der Waals surface area contributed by atoms with Crippen molar-refractivity contribution in [2.75, 3.05) is 0 Å². The maximum Gasteiger partial charge on any atom is 0.422 e. The summed E-state index contributed by atoms with van der Waals surface area (Å²) < 4.78 is 92.4. The lowest BCUT2D eigenvalue weighted by Crippen LogP contribution is -2.73. The lowest BCUT2D eigenvalue weighted by Gasteiger charge is -2.56. The molecule has 0 aromatic carbocycles. The summed E-state index contributed by atoms with van der Waals surface area (Å²) in [6.45, 7) is 5.74. The summed E-state index contributed by atoms with van der Waals surface area (Å²) in [6.07, 6.45) is -9.14. The van der Waals surface area contributed by atoms with Crippen molar-refractivity contribution >= 4 is 0 Å². The number of halogens is 6. The first-order chi connectivity index (χ1) is 9.77. The van der Waals surface area contributed by atoms with E-state index in [1.807, 2.05) is 0 Å². The van der Waals surface area contributed by atoms with Crippen molar-refractivity contribution in [2.24, 2.45) is 5.41 Å². The third-order valence-electron chi connectivity index (χ3n) is 4.91. The van der Waals surface area contributed by atoms with Gasteiger partial charge in [0.2, 0.25) is 12.0 Å². The molecule has 1 fully saturated rings. The molecule has 0 aromatic heterocycles. The van der Waals surface area contributed by atoms with Crippen molar-refractivity contribution in [3.8, 4) is 0 Å². The van der Waals surface area contributed by atoms with Crippen molar-refractivity contribution < 1.29 is 35.8 Å². The van der Waals surface area contributed by atoms with Gasteiger partial charge in [-0.1, -0.05) is 27.7 Å². The Balaban J connectivity index is 3.50. The monoisotopic (exact) mass is 336 g/mol. The van der Waals surface area contributed by atoms with Gasteiger partial charge >= 0.3 is 6.18 Å². The van der Waals surface area contributed by atoms with Gasteiger partial charge in [0.15, 0.2) is 0 Å². The molecule has 1 aliphatic rings. The minimum atomic E-state index is -5.26. The molecule has 0 aromatic rings. The second-order valence-corrected chi connectivity index (χ2v) is 6.09. The molecular formula is C14H22F6O2. The summed E-state index contributed by atoms with van der Waals surface area (Å²) in [6, 6.07) is 0. The van der Waals surface area contributed by atoms with Gasteiger partial charge in [0, 0.05) is 11.8 Å². The van der Waals surface area contributed by atoms with Gasteiger partial charge in [-0.25, -0.2) is 13.2 Å². The van der Waals surface area contributed by atoms with Gasteiger partial charge in [-0.2, -0.15) is 13.2 Å². The van der Waals surface area contributed by atoms with Gasteiger partial charge in [0.25, 0.3) is 11.7 Å². The second kappa shape index (κ2) is 5.54. The summed E-state index contributed by atoms with van der Waals surface area (Å²) >= 11 is 0. The zero-order valence-electron chi connectivity index (χ0n) is 13.3. The molecule has 4 atom stereocenters. The SMILES string of the molecule is CCC(C)(CC)C1(F)OC(C)(C(F)(F)F)C(F)OC1(F)CC. The van der Waals surface area contributed by atoms with E-state index < -0.39 is 41.7 Å². The average molecular weight is 336 g/mol. The summed E-state index contributed by atoms with van der Waals surface area (Å²) in [5.41, 5.74) is -5.21. The molecule has 2 nitrogen and oxygen atoms in total. The van der Waals surface area contributed by atoms with Crippen molar-refractivity contribution in [3.05, 3.63) is 0 Å². The van der Waals surface area contributed by atoms with E-state index in [4.69, 9.17) is 0 Å². The van der Waals surface area contributed by atoms with E-state index >= 15 is 4.39 Å². The van der Waals surface area contributed by atoms with Crippen LogP contribution in [0.25, 0.3) is 0 Å². The van der Waals surface area contributed by atoms with Crippen LogP contribution in [0.3, 0.4) is 0 Å². The minimum absolute atomic E-state index is 0.0140. The molecule has 0 saturated carbocycles. The van der Waals surface area contributed by atoms with Crippen molar-refractivity contribution in [1.82, 2.24) is 0 Å². The molecular weight excluding hydrogens is 314 g/mol. The molecule has 1 rings (SSSR count). The van der Waals surface area contributed by atoms with E-state index in [2.05, 4.69) is 9.47 Å². The molecule has 1 saturated heterocycles. The van der Waals surface area contributed by atoms with Crippen LogP contribution in [0, 0.1) is 5.41 Å². The van der Waals surface area contributed by atoms with Crippen LogP contribution in [-0.4, -0.2) is 29.8 Å². The second-order valence-electron chi connectivity index (χ2n) is 6.09. The third kappa shape index (κ3) is 2.42. The first kappa shape index (κ1) is 19.5. The number of ether oxygens (including phenoxy) is 2. The Hall–Kier alpha value is -0.500. The Labute approximate surface area is 126 Å². The van der Waals surface area contributed by atoms with Crippen LogP contribution in [0.15, 0.2) is 0 Å². The zero-order valence-corrected chi connectivity index (χ0v) is 13.3. The van der Waals surface area contributed by atoms with Crippen LogP contribution >= 0.6 is 0 Å². The Morgan fingerprint density at radius 1 is 1.05 bits per heavy atom. The highest BCUT2D eigenvalue weighted by Gasteiger charge is 2.76. The molecule has 0 amide bonds. The Morgan fingerprint density at radius 3 is 1.82 bits per heavy atom. The van der Waals surface area contributed by atoms with Crippen LogP contribution in [0.1, 0.15) is 53.9 Å². The smallest absolute Gasteiger partial charge is 0.319 e. The largest absolute Gasteiger partial charge is 0.422 e. The van der Waals surface area contributed by atoms with Crippen LogP contribution in [0.2, 0.25) is 0 Å². The van der Waals surface area contributed by atoms with E-state index in [0.29, 0.717) is 6.92 Å². The van der Waals surface area contributed by atoms with Gasteiger partial charge in [0.1, 0.15) is 0 Å². The molecule has 8 heteroatoms. The lowest BCUT2D eigenvalue weighted by atomic mass is 9.72. The highest BCUT2D eigenvalue weighted by atomic mass is 19.4. The number of hydrogen-bond acceptors (Lipinski definition) is 2. The maximum absolute atomic E-state index is 15.5. The third-order valence-corrected chi connectivity index (χ3v) is 4.91. The number of alkyl halides is 6. The van der Waals surface area contributed by atoms with Crippen molar-refractivity contribution in [3.63, 3.8) is 0 Å². The summed E-state index contributed by atoms with van der Waals surface area (Å²) in [4.78, 5) is 0. The fourth-order valence-electron chi connectivity index (χ4n) is 2.54. The van der Waals surface area contributed by atoms with E-state index in [-0.39, 0.29) is 12.8 Å². The molecule has 0 N–H and O–H groups in total. The van der Waals surface area contributed by atoms with Crippen LogP contribution < -0.4 is 0 Å². The fraction of sp³-hybridized carbons (Fsp3) is 1.00.